The Labute approximate surface area is 150 Å². The normalized spacial score (nSPS) is 22.8. The van der Waals surface area contributed by atoms with Crippen LogP contribution in [0, 0.1) is 11.8 Å². The van der Waals surface area contributed by atoms with Gasteiger partial charge in [0, 0.05) is 13.1 Å². The number of allylic oxidation sites excluding steroid dienone is 1. The largest absolute Gasteiger partial charge is 0.493 e. The summed E-state index contributed by atoms with van der Waals surface area (Å²) in [6, 6.07) is 5.77. The van der Waals surface area contributed by atoms with E-state index in [1.165, 1.54) is 0 Å². The minimum absolute atomic E-state index is 0.0603. The SMILES string of the molecule is C=CCc1ccc(OCC(=O)N2CC[C@@H]3CNC[C@@H]3CC2)c(OC)c1. The molecular formula is C20H28N2O3. The first-order valence-electron chi connectivity index (χ1n) is 9.10. The molecule has 0 spiro atoms. The summed E-state index contributed by atoms with van der Waals surface area (Å²) in [5, 5.41) is 3.46. The smallest absolute Gasteiger partial charge is 0.260 e. The molecule has 0 saturated carbocycles. The van der Waals surface area contributed by atoms with Gasteiger partial charge in [-0.15, -0.1) is 6.58 Å². The molecular weight excluding hydrogens is 316 g/mol. The number of methoxy groups -OCH3 is 1. The number of nitrogens with zero attached hydrogens (tertiary/aromatic N) is 1. The highest BCUT2D eigenvalue weighted by Gasteiger charge is 2.31. The van der Waals surface area contributed by atoms with Crippen LogP contribution in [0.4, 0.5) is 0 Å². The van der Waals surface area contributed by atoms with E-state index in [-0.39, 0.29) is 12.5 Å². The Kier molecular flexibility index (Phi) is 5.97. The highest BCUT2D eigenvalue weighted by molar-refractivity contribution is 5.77. The number of rotatable bonds is 6. The zero-order valence-electron chi connectivity index (χ0n) is 15.0. The fourth-order valence-corrected chi connectivity index (χ4v) is 3.82. The molecule has 2 fully saturated rings. The molecule has 2 heterocycles. The molecule has 25 heavy (non-hydrogen) atoms. The predicted octanol–water partition coefficient (Wildman–Crippen LogP) is 2.26. The number of benzene rings is 1. The first-order valence-corrected chi connectivity index (χ1v) is 9.10. The van der Waals surface area contributed by atoms with Crippen molar-refractivity contribution in [1.29, 1.82) is 0 Å². The molecule has 0 radical (unpaired) electrons. The van der Waals surface area contributed by atoms with E-state index in [2.05, 4.69) is 11.9 Å². The van der Waals surface area contributed by atoms with Gasteiger partial charge in [-0.3, -0.25) is 4.79 Å². The molecule has 1 aromatic rings. The van der Waals surface area contributed by atoms with Crippen LogP contribution >= 0.6 is 0 Å². The molecule has 136 valence electrons. The van der Waals surface area contributed by atoms with Crippen LogP contribution < -0.4 is 14.8 Å². The third kappa shape index (κ3) is 4.34. The van der Waals surface area contributed by atoms with Crippen molar-refractivity contribution in [1.82, 2.24) is 10.2 Å². The lowest BCUT2D eigenvalue weighted by atomic mass is 9.92. The van der Waals surface area contributed by atoms with Gasteiger partial charge in [-0.2, -0.15) is 0 Å². The highest BCUT2D eigenvalue weighted by atomic mass is 16.5. The van der Waals surface area contributed by atoms with Crippen LogP contribution in [0.3, 0.4) is 0 Å². The summed E-state index contributed by atoms with van der Waals surface area (Å²) in [5.41, 5.74) is 1.11. The summed E-state index contributed by atoms with van der Waals surface area (Å²) in [7, 11) is 1.61. The van der Waals surface area contributed by atoms with Crippen LogP contribution in [-0.4, -0.2) is 50.7 Å². The summed E-state index contributed by atoms with van der Waals surface area (Å²) in [6.45, 7) is 7.66. The molecule has 1 amide bonds. The maximum absolute atomic E-state index is 12.5. The number of hydrogen-bond acceptors (Lipinski definition) is 4. The lowest BCUT2D eigenvalue weighted by Crippen LogP contribution is -2.36. The molecule has 2 aliphatic heterocycles. The third-order valence-electron chi connectivity index (χ3n) is 5.33. The minimum atomic E-state index is 0.0603. The van der Waals surface area contributed by atoms with Crippen molar-refractivity contribution < 1.29 is 14.3 Å². The predicted molar refractivity (Wildman–Crippen MR) is 98.1 cm³/mol. The Morgan fingerprint density at radius 3 is 2.64 bits per heavy atom. The fourth-order valence-electron chi connectivity index (χ4n) is 3.82. The zero-order valence-corrected chi connectivity index (χ0v) is 15.0. The first-order chi connectivity index (χ1) is 12.2. The van der Waals surface area contributed by atoms with E-state index >= 15 is 0 Å². The first kappa shape index (κ1) is 17.8. The second-order valence-electron chi connectivity index (χ2n) is 6.90. The number of likely N-dealkylation sites (tertiary alicyclic amines) is 1. The van der Waals surface area contributed by atoms with Crippen molar-refractivity contribution in [2.24, 2.45) is 11.8 Å². The molecule has 1 N–H and O–H groups in total. The fraction of sp³-hybridized carbons (Fsp3) is 0.550. The molecule has 3 rings (SSSR count). The Hall–Kier alpha value is -2.01. The van der Waals surface area contributed by atoms with Gasteiger partial charge < -0.3 is 19.7 Å². The van der Waals surface area contributed by atoms with Gasteiger partial charge in [-0.05, 0) is 61.9 Å². The van der Waals surface area contributed by atoms with Gasteiger partial charge in [0.2, 0.25) is 0 Å². The summed E-state index contributed by atoms with van der Waals surface area (Å²) in [6.07, 6.45) is 4.80. The van der Waals surface area contributed by atoms with Crippen molar-refractivity contribution >= 4 is 5.91 Å². The Balaban J connectivity index is 1.55. The number of nitrogens with one attached hydrogen (secondary N) is 1. The van der Waals surface area contributed by atoms with Gasteiger partial charge >= 0.3 is 0 Å². The van der Waals surface area contributed by atoms with Gasteiger partial charge in [0.25, 0.3) is 5.91 Å². The second-order valence-corrected chi connectivity index (χ2v) is 6.90. The molecule has 0 bridgehead atoms. The van der Waals surface area contributed by atoms with Crippen LogP contribution in [0.1, 0.15) is 18.4 Å². The van der Waals surface area contributed by atoms with Gasteiger partial charge in [0.15, 0.2) is 18.1 Å². The molecule has 1 aromatic carbocycles. The molecule has 2 atom stereocenters. The van der Waals surface area contributed by atoms with Gasteiger partial charge in [-0.1, -0.05) is 12.1 Å². The summed E-state index contributed by atoms with van der Waals surface area (Å²) >= 11 is 0. The molecule has 5 nitrogen and oxygen atoms in total. The standard InChI is InChI=1S/C20H28N2O3/c1-3-4-15-5-6-18(19(11-15)24-2)25-14-20(23)22-9-7-16-12-21-13-17(16)8-10-22/h3,5-6,11,16-17,21H,1,4,7-10,12-14H2,2H3/t16-,17+. The zero-order chi connectivity index (χ0) is 17.6. The van der Waals surface area contributed by atoms with Crippen molar-refractivity contribution in [2.75, 3.05) is 39.9 Å². The Morgan fingerprint density at radius 2 is 2.00 bits per heavy atom. The molecule has 2 saturated heterocycles. The second kappa shape index (κ2) is 8.39. The van der Waals surface area contributed by atoms with E-state index < -0.39 is 0 Å². The molecule has 2 aliphatic rings. The number of hydrogen-bond donors (Lipinski definition) is 1. The van der Waals surface area contributed by atoms with Crippen LogP contribution in [0.2, 0.25) is 0 Å². The number of ether oxygens (including phenoxy) is 2. The van der Waals surface area contributed by atoms with E-state index in [4.69, 9.17) is 9.47 Å². The summed E-state index contributed by atoms with van der Waals surface area (Å²) in [4.78, 5) is 14.5. The van der Waals surface area contributed by atoms with Gasteiger partial charge in [0.05, 0.1) is 7.11 Å². The van der Waals surface area contributed by atoms with E-state index in [1.807, 2.05) is 29.2 Å². The van der Waals surface area contributed by atoms with Crippen LogP contribution in [-0.2, 0) is 11.2 Å². The quantitative estimate of drug-likeness (QED) is 0.805. The average molecular weight is 344 g/mol. The molecule has 5 heteroatoms. The number of carbonyl (C=O) groups is 1. The maximum atomic E-state index is 12.5. The van der Waals surface area contributed by atoms with Crippen molar-refractivity contribution in [3.8, 4) is 11.5 Å². The van der Waals surface area contributed by atoms with Crippen LogP contribution in [0.25, 0.3) is 0 Å². The Bertz CT molecular complexity index is 603. The minimum Gasteiger partial charge on any atom is -0.493 e. The highest BCUT2D eigenvalue weighted by Crippen LogP contribution is 2.29. The van der Waals surface area contributed by atoms with Gasteiger partial charge in [0.1, 0.15) is 0 Å². The maximum Gasteiger partial charge on any atom is 0.260 e. The molecule has 0 aliphatic carbocycles. The van der Waals surface area contributed by atoms with E-state index in [9.17, 15) is 4.79 Å². The topological polar surface area (TPSA) is 50.8 Å². The van der Waals surface area contributed by atoms with E-state index in [1.54, 1.807) is 7.11 Å². The van der Waals surface area contributed by atoms with Crippen molar-refractivity contribution in [2.45, 2.75) is 19.3 Å². The van der Waals surface area contributed by atoms with Crippen molar-refractivity contribution in [3.63, 3.8) is 0 Å². The Morgan fingerprint density at radius 1 is 1.28 bits per heavy atom. The average Bonchev–Trinajstić information content (AvgIpc) is 2.98. The summed E-state index contributed by atoms with van der Waals surface area (Å²) < 4.78 is 11.1. The summed E-state index contributed by atoms with van der Waals surface area (Å²) in [5.74, 6) is 2.76. The number of amides is 1. The lowest BCUT2D eigenvalue weighted by molar-refractivity contribution is -0.133. The lowest BCUT2D eigenvalue weighted by Gasteiger charge is -2.21. The van der Waals surface area contributed by atoms with Gasteiger partial charge in [-0.25, -0.2) is 0 Å². The monoisotopic (exact) mass is 344 g/mol. The van der Waals surface area contributed by atoms with Crippen molar-refractivity contribution in [3.05, 3.63) is 36.4 Å². The van der Waals surface area contributed by atoms with Crippen LogP contribution in [0.15, 0.2) is 30.9 Å². The number of fused-ring (bicyclic) bond motifs is 1. The van der Waals surface area contributed by atoms with E-state index in [0.29, 0.717) is 11.5 Å². The third-order valence-corrected chi connectivity index (χ3v) is 5.33. The molecule has 0 unspecified atom stereocenters. The molecule has 0 aromatic heterocycles. The number of carbonyl (C=O) groups excluding carboxylic acids is 1. The van der Waals surface area contributed by atoms with Crippen LogP contribution in [0.5, 0.6) is 11.5 Å². The van der Waals surface area contributed by atoms with E-state index in [0.717, 1.165) is 62.8 Å².